The first-order valence-corrected chi connectivity index (χ1v) is 24.2. The van der Waals surface area contributed by atoms with Crippen LogP contribution in [0.2, 0.25) is 0 Å². The molecule has 0 saturated heterocycles. The molecule has 0 spiro atoms. The van der Waals surface area contributed by atoms with Crippen molar-refractivity contribution in [1.29, 1.82) is 0 Å². The molecule has 0 aromatic heterocycles. The van der Waals surface area contributed by atoms with E-state index in [9.17, 15) is 39.1 Å². The van der Waals surface area contributed by atoms with E-state index in [-0.39, 0.29) is 63.2 Å². The van der Waals surface area contributed by atoms with E-state index >= 15 is 0 Å². The van der Waals surface area contributed by atoms with Gasteiger partial charge < -0.3 is 111 Å². The number of unbranched alkanes of at least 4 members (excludes halogenated alkanes) is 2. The summed E-state index contributed by atoms with van der Waals surface area (Å²) < 4.78 is 0. The van der Waals surface area contributed by atoms with E-state index in [2.05, 4.69) is 110 Å². The molecular formula is C8H18Mo3O8P4S10. The molecule has 0 amide bonds. The van der Waals surface area contributed by atoms with E-state index < -0.39 is 22.8 Å². The topological polar surface area (TPSA) is 184 Å². The first kappa shape index (κ1) is 59.0. The second-order valence-corrected chi connectivity index (χ2v) is 24.7. The van der Waals surface area contributed by atoms with E-state index in [1.807, 2.05) is 21.6 Å². The summed E-state index contributed by atoms with van der Waals surface area (Å²) in [6.07, 6.45) is 5.43. The summed E-state index contributed by atoms with van der Waals surface area (Å²) in [5, 5.41) is 0. The van der Waals surface area contributed by atoms with E-state index in [0.717, 1.165) is 0 Å². The van der Waals surface area contributed by atoms with Gasteiger partial charge in [-0.3, -0.25) is 0 Å². The number of hydrogen-bond donors (Lipinski definition) is 0. The molecule has 0 bridgehead atoms. The Balaban J connectivity index is -0.0000000401. The minimum Gasteiger partial charge on any atom is -0.850 e. The third-order valence-corrected chi connectivity index (χ3v) is 3.82. The Bertz CT molecular complexity index is 440. The minimum absolute atomic E-state index is 0. The fraction of sp³-hybridized carbons (Fsp3) is 1.00. The van der Waals surface area contributed by atoms with Gasteiger partial charge in [0.25, 0.3) is 0 Å². The van der Waals surface area contributed by atoms with Gasteiger partial charge in [-0.2, -0.15) is 47.2 Å². The summed E-state index contributed by atoms with van der Waals surface area (Å²) in [5.41, 5.74) is -14.9. The summed E-state index contributed by atoms with van der Waals surface area (Å²) in [7, 11) is 4.07. The summed E-state index contributed by atoms with van der Waals surface area (Å²) in [4.78, 5) is 74.3. The molecule has 8 nitrogen and oxygen atoms in total. The van der Waals surface area contributed by atoms with Gasteiger partial charge in [0.2, 0.25) is 0 Å². The Morgan fingerprint density at radius 3 is 0.727 bits per heavy atom. The minimum atomic E-state index is -3.72. The van der Waals surface area contributed by atoms with Crippen LogP contribution >= 0.6 is 44.4 Å². The van der Waals surface area contributed by atoms with Gasteiger partial charge in [-0.1, -0.05) is 48.3 Å². The number of hydrogen-bond acceptors (Lipinski definition) is 18. The van der Waals surface area contributed by atoms with Crippen LogP contribution in [0.15, 0.2) is 0 Å². The molecule has 0 atom stereocenters. The van der Waals surface area contributed by atoms with Crippen molar-refractivity contribution in [3.63, 3.8) is 0 Å². The van der Waals surface area contributed by atoms with Crippen LogP contribution in [0.1, 0.15) is 39.5 Å². The van der Waals surface area contributed by atoms with Gasteiger partial charge in [-0.25, -0.2) is 0 Å². The standard InChI is InChI=1S/C8H18S2.3Mo.4H3O2PS2/c1-3-5-7-9-10-8-6-4-2;;;;4*1-3(2,4)5/h3-8H2,1-2H3;;;;4*(H3,1,2,4,5)/q;3*+4;;;;/p-12. The predicted molar refractivity (Wildman–Crippen MR) is 141 cm³/mol. The Kier molecular flexibility index (Phi) is 65.2. The second kappa shape index (κ2) is 36.5. The van der Waals surface area contributed by atoms with Gasteiger partial charge in [0, 0.05) is 11.5 Å². The quantitative estimate of drug-likeness (QED) is 0.0886. The molecule has 0 fully saturated rings. The van der Waals surface area contributed by atoms with E-state index in [1.165, 1.54) is 37.2 Å². The molecule has 0 heterocycles. The summed E-state index contributed by atoms with van der Waals surface area (Å²) >= 11 is 29.1. The second-order valence-electron chi connectivity index (χ2n) is 4.14. The van der Waals surface area contributed by atoms with Crippen molar-refractivity contribution >= 4 is 141 Å². The molecule has 0 unspecified atom stereocenters. The Morgan fingerprint density at radius 1 is 0.515 bits per heavy atom. The molecule has 0 aromatic carbocycles. The molecule has 196 valence electrons. The van der Waals surface area contributed by atoms with Crippen LogP contribution < -0.4 is 39.1 Å². The molecule has 0 rings (SSSR count). The van der Waals surface area contributed by atoms with Crippen LogP contribution in [0.3, 0.4) is 0 Å². The molecule has 0 N–H and O–H groups in total. The zero-order chi connectivity index (χ0) is 25.7. The normalized spacial score (nSPS) is 10.2. The third-order valence-electron chi connectivity index (χ3n) is 1.25. The van der Waals surface area contributed by atoms with Gasteiger partial charge in [0.05, 0.1) is 0 Å². The maximum Gasteiger partial charge on any atom is 4.00 e. The Labute approximate surface area is 289 Å². The third kappa shape index (κ3) is 282. The van der Waals surface area contributed by atoms with E-state index in [0.29, 0.717) is 0 Å². The molecule has 0 aromatic rings. The molecule has 0 aliphatic carbocycles. The van der Waals surface area contributed by atoms with E-state index in [4.69, 9.17) is 0 Å². The summed E-state index contributed by atoms with van der Waals surface area (Å²) in [6, 6.07) is 0. The van der Waals surface area contributed by atoms with E-state index in [1.54, 1.807) is 0 Å². The molecular weight excluding hydrogens is 956 g/mol. The maximum atomic E-state index is 9.29. The van der Waals surface area contributed by atoms with Crippen LogP contribution in [-0.2, 0) is 159 Å². The van der Waals surface area contributed by atoms with Crippen LogP contribution in [0, 0.1) is 0 Å². The van der Waals surface area contributed by atoms with Gasteiger partial charge in [0.1, 0.15) is 0 Å². The van der Waals surface area contributed by atoms with Gasteiger partial charge in [-0.15, -0.1) is 0 Å². The number of rotatable bonds is 7. The Hall–Kier alpha value is 6.44. The zero-order valence-corrected chi connectivity index (χ0v) is 34.4. The maximum absolute atomic E-state index is 9.29. The van der Waals surface area contributed by atoms with Crippen molar-refractivity contribution in [2.24, 2.45) is 0 Å². The molecule has 33 heavy (non-hydrogen) atoms. The molecule has 0 radical (unpaired) electrons. The van der Waals surface area contributed by atoms with Crippen molar-refractivity contribution in [3.05, 3.63) is 0 Å². The molecule has 25 heteroatoms. The molecule has 0 aliphatic heterocycles. The Morgan fingerprint density at radius 2 is 0.636 bits per heavy atom. The predicted octanol–water partition coefficient (Wildman–Crippen LogP) is -2.13. The van der Waals surface area contributed by atoms with Gasteiger partial charge in [-0.05, 0) is 12.8 Å². The van der Waals surface area contributed by atoms with Gasteiger partial charge >= 0.3 is 63.2 Å². The van der Waals surface area contributed by atoms with Gasteiger partial charge in [0.15, 0.2) is 0 Å². The summed E-state index contributed by atoms with van der Waals surface area (Å²) in [5.74, 6) is 2.68. The van der Waals surface area contributed by atoms with Crippen molar-refractivity contribution in [2.45, 2.75) is 39.5 Å². The summed E-state index contributed by atoms with van der Waals surface area (Å²) in [6.45, 7) is 4.49. The van der Waals surface area contributed by atoms with Crippen molar-refractivity contribution < 1.29 is 102 Å². The average molecular weight is 975 g/mol. The zero-order valence-electron chi connectivity index (χ0n) is 16.6. The smallest absolute Gasteiger partial charge is 0.850 e. The van der Waals surface area contributed by atoms with Crippen LogP contribution in [0.25, 0.3) is 0 Å². The fourth-order valence-electron chi connectivity index (χ4n) is 0.524. The fourth-order valence-corrected chi connectivity index (χ4v) is 2.99. The average Bonchev–Trinajstić information content (AvgIpc) is 2.35. The SMILES string of the molecule is CCCCSSCCCC.[Mo+4].[Mo+4].[Mo+4].[O-]P([O-])(=S)[S-].[O-]P([O-])(=S)[S-].[O-]P([O-])(=S)[S-].[O-]P([O-])(=S)[S-]. The molecule has 0 saturated carbocycles. The van der Waals surface area contributed by atoms with Crippen molar-refractivity contribution in [2.75, 3.05) is 11.5 Å². The monoisotopic (exact) mass is 979 g/mol. The largest absolute Gasteiger partial charge is 4.00 e. The first-order chi connectivity index (χ1) is 12.9. The molecule has 0 aliphatic rings. The van der Waals surface area contributed by atoms with Crippen LogP contribution in [0.5, 0.6) is 0 Å². The van der Waals surface area contributed by atoms with Crippen LogP contribution in [-0.4, -0.2) is 11.5 Å². The van der Waals surface area contributed by atoms with Crippen LogP contribution in [0.4, 0.5) is 0 Å². The van der Waals surface area contributed by atoms with Crippen molar-refractivity contribution in [1.82, 2.24) is 0 Å². The van der Waals surface area contributed by atoms with Crippen molar-refractivity contribution in [3.8, 4) is 0 Å². The first-order valence-electron chi connectivity index (χ1n) is 7.08.